The lowest BCUT2D eigenvalue weighted by atomic mass is 10.0. The summed E-state index contributed by atoms with van der Waals surface area (Å²) in [6.07, 6.45) is -17.6. The van der Waals surface area contributed by atoms with Crippen molar-refractivity contribution in [1.29, 1.82) is 0 Å². The summed E-state index contributed by atoms with van der Waals surface area (Å²) in [4.78, 5) is 12.1. The van der Waals surface area contributed by atoms with Crippen LogP contribution in [0.2, 0.25) is 0 Å². The van der Waals surface area contributed by atoms with Gasteiger partial charge in [0.15, 0.2) is 5.54 Å². The van der Waals surface area contributed by atoms with E-state index in [1.54, 1.807) is 0 Å². The number of carbonyl (C=O) groups is 1. The van der Waals surface area contributed by atoms with E-state index >= 15 is 0 Å². The topological polar surface area (TPSA) is 62.4 Å². The zero-order valence-electron chi connectivity index (χ0n) is 14.0. The van der Waals surface area contributed by atoms with Crippen molar-refractivity contribution in [2.45, 2.75) is 37.0 Å². The molecule has 0 bridgehead atoms. The van der Waals surface area contributed by atoms with Crippen molar-refractivity contribution in [2.24, 2.45) is 0 Å². The second-order valence-corrected chi connectivity index (χ2v) is 5.78. The molecule has 0 saturated carbocycles. The number of benzene rings is 1. The number of alkyl halides is 8. The number of carbonyl (C=O) groups excluding carboxylic acids is 1. The quantitative estimate of drug-likeness (QED) is 0.575. The van der Waals surface area contributed by atoms with Gasteiger partial charge < -0.3 is 15.5 Å². The van der Waals surface area contributed by atoms with Gasteiger partial charge in [0, 0.05) is 24.4 Å². The molecule has 2 unspecified atom stereocenters. The molecule has 29 heavy (non-hydrogen) atoms. The molecule has 0 radical (unpaired) electrons. The molecular formula is C15H12F9N3O2. The number of nitrogens with one attached hydrogen (secondary N) is 3. The van der Waals surface area contributed by atoms with Crippen LogP contribution in [0.3, 0.4) is 0 Å². The molecule has 162 valence electrons. The van der Waals surface area contributed by atoms with Gasteiger partial charge in [-0.15, -0.1) is 0 Å². The summed E-state index contributed by atoms with van der Waals surface area (Å²) in [6, 6.07) is 1.66. The Morgan fingerprint density at radius 1 is 1.17 bits per heavy atom. The van der Waals surface area contributed by atoms with E-state index in [1.807, 2.05) is 10.7 Å². The summed E-state index contributed by atoms with van der Waals surface area (Å²) < 4.78 is 120. The van der Waals surface area contributed by atoms with E-state index in [1.165, 1.54) is 0 Å². The van der Waals surface area contributed by atoms with Gasteiger partial charge in [0.2, 0.25) is 0 Å². The van der Waals surface area contributed by atoms with Crippen LogP contribution in [0, 0.1) is 5.82 Å². The predicted octanol–water partition coefficient (Wildman–Crippen LogP) is 2.94. The second-order valence-electron chi connectivity index (χ2n) is 5.78. The van der Waals surface area contributed by atoms with Crippen LogP contribution in [0.4, 0.5) is 39.5 Å². The van der Waals surface area contributed by atoms with Gasteiger partial charge >= 0.3 is 12.3 Å². The molecule has 3 N–H and O–H groups in total. The van der Waals surface area contributed by atoms with E-state index in [2.05, 4.69) is 10.2 Å². The molecule has 1 heterocycles. The van der Waals surface area contributed by atoms with Crippen LogP contribution in [-0.4, -0.2) is 36.3 Å². The normalized spacial score (nSPS) is 20.5. The first-order valence-corrected chi connectivity index (χ1v) is 7.62. The molecule has 2 rings (SSSR count). The first-order valence-electron chi connectivity index (χ1n) is 7.62. The van der Waals surface area contributed by atoms with Gasteiger partial charge in [0.1, 0.15) is 11.6 Å². The van der Waals surface area contributed by atoms with Crippen LogP contribution in [0.5, 0.6) is 5.75 Å². The number of rotatable bonds is 7. The Balaban J connectivity index is 2.21. The number of amides is 1. The van der Waals surface area contributed by atoms with Crippen molar-refractivity contribution >= 4 is 5.91 Å². The summed E-state index contributed by atoms with van der Waals surface area (Å²) in [5.74, 6) is -3.78. The zero-order chi connectivity index (χ0) is 22.0. The molecule has 2 atom stereocenters. The Morgan fingerprint density at radius 2 is 1.83 bits per heavy atom. The molecule has 1 aromatic carbocycles. The molecule has 1 amide bonds. The molecule has 0 spiro atoms. The van der Waals surface area contributed by atoms with Gasteiger partial charge in [-0.25, -0.2) is 23.0 Å². The van der Waals surface area contributed by atoms with E-state index in [9.17, 15) is 44.3 Å². The highest BCUT2D eigenvalue weighted by molar-refractivity contribution is 5.89. The van der Waals surface area contributed by atoms with Crippen molar-refractivity contribution in [2.75, 3.05) is 0 Å². The minimum absolute atomic E-state index is 0.233. The number of hydrogen-bond acceptors (Lipinski definition) is 4. The maximum Gasteiger partial charge on any atom is 0.439 e. The van der Waals surface area contributed by atoms with Crippen LogP contribution in [0.25, 0.3) is 0 Å². The van der Waals surface area contributed by atoms with Crippen molar-refractivity contribution in [3.63, 3.8) is 0 Å². The fourth-order valence-corrected chi connectivity index (χ4v) is 2.21. The fourth-order valence-electron chi connectivity index (χ4n) is 2.21. The summed E-state index contributed by atoms with van der Waals surface area (Å²) in [5, 5.41) is 1.93. The average Bonchev–Trinajstić information content (AvgIpc) is 3.10. The lowest BCUT2D eigenvalue weighted by molar-refractivity contribution is -0.305. The van der Waals surface area contributed by atoms with Gasteiger partial charge in [0.25, 0.3) is 18.5 Å². The highest BCUT2D eigenvalue weighted by Gasteiger charge is 2.59. The third-order valence-corrected chi connectivity index (χ3v) is 3.73. The maximum absolute atomic E-state index is 13.5. The third kappa shape index (κ3) is 4.86. The first-order chi connectivity index (χ1) is 13.3. The molecular weight excluding hydrogens is 425 g/mol. The minimum Gasteiger partial charge on any atom is -0.430 e. The standard InChI is InChI=1S/C15H12F9N3O2/c16-8-2-1-7(6-25-12(28)13(11(18)19)3-4-26-27-13)9(5-8)29-15(23,24)10(17)14(20,21)22/h1-5,10-11,26-27H,6H2,(H,25,28). The largest absolute Gasteiger partial charge is 0.439 e. The van der Waals surface area contributed by atoms with Crippen molar-refractivity contribution in [3.05, 3.63) is 41.9 Å². The lowest BCUT2D eigenvalue weighted by Crippen LogP contribution is -2.60. The monoisotopic (exact) mass is 437 g/mol. The van der Waals surface area contributed by atoms with Crippen molar-refractivity contribution < 1.29 is 49.0 Å². The Bertz CT molecular complexity index is 785. The van der Waals surface area contributed by atoms with Crippen LogP contribution < -0.4 is 20.9 Å². The fraction of sp³-hybridized carbons (Fsp3) is 0.400. The van der Waals surface area contributed by atoms with E-state index in [4.69, 9.17) is 0 Å². The summed E-state index contributed by atoms with van der Waals surface area (Å²) in [5.41, 5.74) is 1.12. The molecule has 1 aliphatic rings. The van der Waals surface area contributed by atoms with E-state index in [-0.39, 0.29) is 6.07 Å². The van der Waals surface area contributed by atoms with E-state index in [0.29, 0.717) is 6.07 Å². The summed E-state index contributed by atoms with van der Waals surface area (Å²) >= 11 is 0. The van der Waals surface area contributed by atoms with Gasteiger partial charge in [0.05, 0.1) is 0 Å². The highest BCUT2D eigenvalue weighted by Crippen LogP contribution is 2.37. The molecule has 0 aromatic heterocycles. The number of halogens is 9. The summed E-state index contributed by atoms with van der Waals surface area (Å²) in [6.45, 7) is -0.822. The first kappa shape index (κ1) is 22.6. The molecule has 1 aromatic rings. The molecule has 5 nitrogen and oxygen atoms in total. The van der Waals surface area contributed by atoms with Crippen molar-refractivity contribution in [1.82, 2.24) is 16.2 Å². The van der Waals surface area contributed by atoms with Crippen molar-refractivity contribution in [3.8, 4) is 5.75 Å². The summed E-state index contributed by atoms with van der Waals surface area (Å²) in [7, 11) is 0. The number of hydrogen-bond donors (Lipinski definition) is 3. The molecule has 1 aliphatic heterocycles. The molecule has 0 fully saturated rings. The van der Waals surface area contributed by atoms with Crippen LogP contribution >= 0.6 is 0 Å². The maximum atomic E-state index is 13.5. The highest BCUT2D eigenvalue weighted by atomic mass is 19.4. The predicted molar refractivity (Wildman–Crippen MR) is 78.9 cm³/mol. The van der Waals surface area contributed by atoms with E-state index in [0.717, 1.165) is 18.3 Å². The van der Waals surface area contributed by atoms with Gasteiger partial charge in [-0.1, -0.05) is 6.07 Å². The Morgan fingerprint density at radius 3 is 2.34 bits per heavy atom. The van der Waals surface area contributed by atoms with Crippen LogP contribution in [0.1, 0.15) is 5.56 Å². The van der Waals surface area contributed by atoms with Gasteiger partial charge in [-0.05, 0) is 12.1 Å². The Labute approximate surface area is 156 Å². The SMILES string of the molecule is O=C(NCc1ccc(F)cc1OC(F)(F)C(F)C(F)(F)F)C1(C(F)F)C=CNN1. The Hall–Kier alpha value is -2.64. The van der Waals surface area contributed by atoms with Gasteiger partial charge in [-0.2, -0.15) is 22.0 Å². The van der Waals surface area contributed by atoms with Crippen LogP contribution in [-0.2, 0) is 11.3 Å². The third-order valence-electron chi connectivity index (χ3n) is 3.73. The lowest BCUT2D eigenvalue weighted by Gasteiger charge is -2.26. The van der Waals surface area contributed by atoms with Gasteiger partial charge in [-0.3, -0.25) is 4.79 Å². The molecule has 0 saturated heterocycles. The average molecular weight is 437 g/mol. The Kier molecular flexibility index (Phi) is 6.25. The number of ether oxygens (including phenoxy) is 1. The van der Waals surface area contributed by atoms with E-state index < -0.39 is 60.0 Å². The second kappa shape index (κ2) is 8.00. The molecule has 0 aliphatic carbocycles. The zero-order valence-corrected chi connectivity index (χ0v) is 14.0. The smallest absolute Gasteiger partial charge is 0.430 e. The minimum atomic E-state index is -5.97. The molecule has 14 heteroatoms. The number of hydrazine groups is 1. The van der Waals surface area contributed by atoms with Crippen LogP contribution in [0.15, 0.2) is 30.5 Å².